The van der Waals surface area contributed by atoms with E-state index < -0.39 is 0 Å². The molecule has 0 saturated carbocycles. The van der Waals surface area contributed by atoms with Crippen molar-refractivity contribution in [3.8, 4) is 6.07 Å². The molecular formula is C12H14N6O2. The van der Waals surface area contributed by atoms with Gasteiger partial charge < -0.3 is 14.6 Å². The number of aromatic nitrogens is 4. The summed E-state index contributed by atoms with van der Waals surface area (Å²) in [5.41, 5.74) is 0.218. The number of anilines is 1. The van der Waals surface area contributed by atoms with Crippen LogP contribution in [0.4, 0.5) is 5.82 Å². The van der Waals surface area contributed by atoms with Crippen LogP contribution in [0.15, 0.2) is 16.9 Å². The molecule has 0 aromatic carbocycles. The topological polar surface area (TPSA) is 110 Å². The predicted molar refractivity (Wildman–Crippen MR) is 68.4 cm³/mol. The highest BCUT2D eigenvalue weighted by Gasteiger charge is 2.14. The Morgan fingerprint density at radius 3 is 3.00 bits per heavy atom. The van der Waals surface area contributed by atoms with Gasteiger partial charge in [0.15, 0.2) is 17.3 Å². The Morgan fingerprint density at radius 1 is 1.45 bits per heavy atom. The van der Waals surface area contributed by atoms with Crippen LogP contribution < -0.4 is 5.32 Å². The van der Waals surface area contributed by atoms with Crippen molar-refractivity contribution in [3.63, 3.8) is 0 Å². The fourth-order valence-corrected chi connectivity index (χ4v) is 1.54. The van der Waals surface area contributed by atoms with E-state index in [2.05, 4.69) is 25.4 Å². The van der Waals surface area contributed by atoms with E-state index in [0.29, 0.717) is 24.1 Å². The molecule has 1 unspecified atom stereocenters. The summed E-state index contributed by atoms with van der Waals surface area (Å²) in [4.78, 5) is 12.1. The molecule has 0 amide bonds. The van der Waals surface area contributed by atoms with Crippen LogP contribution in [-0.4, -0.2) is 26.7 Å². The zero-order valence-electron chi connectivity index (χ0n) is 11.2. The molecule has 8 heteroatoms. The lowest BCUT2D eigenvalue weighted by Crippen LogP contribution is -2.05. The van der Waals surface area contributed by atoms with Gasteiger partial charge in [-0.15, -0.1) is 0 Å². The molecule has 2 rings (SSSR count). The maximum absolute atomic E-state index is 8.89. The summed E-state index contributed by atoms with van der Waals surface area (Å²) < 4.78 is 10.5. The number of nitrogens with one attached hydrogen (secondary N) is 1. The molecule has 2 aromatic heterocycles. The first-order valence-corrected chi connectivity index (χ1v) is 6.13. The number of hydrogen-bond donors (Lipinski definition) is 1. The molecule has 2 aromatic rings. The molecule has 1 atom stereocenters. The molecule has 0 fully saturated rings. The third-order valence-electron chi connectivity index (χ3n) is 2.48. The monoisotopic (exact) mass is 274 g/mol. The Hall–Kier alpha value is -2.53. The van der Waals surface area contributed by atoms with Crippen LogP contribution in [0.1, 0.15) is 37.4 Å². The Balaban J connectivity index is 1.99. The quantitative estimate of drug-likeness (QED) is 0.842. The van der Waals surface area contributed by atoms with Crippen molar-refractivity contribution in [1.29, 1.82) is 5.26 Å². The SMILES string of the molecule is CCOC(C)c1noc(CNc2nccnc2C#N)n1. The van der Waals surface area contributed by atoms with E-state index in [-0.39, 0.29) is 18.3 Å². The van der Waals surface area contributed by atoms with Gasteiger partial charge >= 0.3 is 0 Å². The van der Waals surface area contributed by atoms with Crippen LogP contribution in [0.25, 0.3) is 0 Å². The Kier molecular flexibility index (Phi) is 4.57. The van der Waals surface area contributed by atoms with Gasteiger partial charge in [-0.2, -0.15) is 10.2 Å². The highest BCUT2D eigenvalue weighted by atomic mass is 16.5. The van der Waals surface area contributed by atoms with Crippen LogP contribution in [0.2, 0.25) is 0 Å². The fraction of sp³-hybridized carbons (Fsp3) is 0.417. The summed E-state index contributed by atoms with van der Waals surface area (Å²) in [7, 11) is 0. The minimum atomic E-state index is -0.219. The summed E-state index contributed by atoms with van der Waals surface area (Å²) in [5, 5.41) is 15.7. The van der Waals surface area contributed by atoms with Gasteiger partial charge in [-0.3, -0.25) is 0 Å². The average Bonchev–Trinajstić information content (AvgIpc) is 2.94. The Labute approximate surface area is 115 Å². The van der Waals surface area contributed by atoms with Gasteiger partial charge in [-0.25, -0.2) is 9.97 Å². The van der Waals surface area contributed by atoms with Gasteiger partial charge in [0, 0.05) is 19.0 Å². The molecular weight excluding hydrogens is 260 g/mol. The van der Waals surface area contributed by atoms with Gasteiger partial charge in [0.05, 0.1) is 6.54 Å². The maximum atomic E-state index is 8.89. The van der Waals surface area contributed by atoms with E-state index in [1.807, 2.05) is 19.9 Å². The number of rotatable bonds is 6. The van der Waals surface area contributed by atoms with Crippen molar-refractivity contribution in [1.82, 2.24) is 20.1 Å². The fourth-order valence-electron chi connectivity index (χ4n) is 1.54. The highest BCUT2D eigenvalue weighted by molar-refractivity contribution is 5.46. The van der Waals surface area contributed by atoms with Crippen LogP contribution in [0, 0.1) is 11.3 Å². The van der Waals surface area contributed by atoms with E-state index >= 15 is 0 Å². The molecule has 0 saturated heterocycles. The second-order valence-electron chi connectivity index (χ2n) is 3.86. The zero-order chi connectivity index (χ0) is 14.4. The van der Waals surface area contributed by atoms with Crippen molar-refractivity contribution in [3.05, 3.63) is 29.8 Å². The third-order valence-corrected chi connectivity index (χ3v) is 2.48. The number of ether oxygens (including phenoxy) is 1. The first-order valence-electron chi connectivity index (χ1n) is 6.13. The molecule has 0 spiro atoms. The minimum Gasteiger partial charge on any atom is -0.371 e. The standard InChI is InChI=1S/C12H14N6O2/c1-3-19-8(2)11-17-10(20-18-11)7-16-12-9(6-13)14-4-5-15-12/h4-5,8H,3,7H2,1-2H3,(H,15,16). The van der Waals surface area contributed by atoms with E-state index in [9.17, 15) is 0 Å². The van der Waals surface area contributed by atoms with E-state index in [4.69, 9.17) is 14.5 Å². The molecule has 0 aliphatic heterocycles. The summed E-state index contributed by atoms with van der Waals surface area (Å²) >= 11 is 0. The molecule has 0 bridgehead atoms. The number of nitrogens with zero attached hydrogens (tertiary/aromatic N) is 5. The average molecular weight is 274 g/mol. The first-order chi connectivity index (χ1) is 9.74. The van der Waals surface area contributed by atoms with Crippen molar-refractivity contribution in [2.24, 2.45) is 0 Å². The highest BCUT2D eigenvalue weighted by Crippen LogP contribution is 2.14. The van der Waals surface area contributed by atoms with Gasteiger partial charge in [-0.05, 0) is 13.8 Å². The predicted octanol–water partition coefficient (Wildman–Crippen LogP) is 1.44. The second-order valence-corrected chi connectivity index (χ2v) is 3.86. The lowest BCUT2D eigenvalue weighted by atomic mass is 10.4. The number of nitriles is 1. The van der Waals surface area contributed by atoms with Crippen LogP contribution in [0.5, 0.6) is 0 Å². The second kappa shape index (κ2) is 6.58. The summed E-state index contributed by atoms with van der Waals surface area (Å²) in [5.74, 6) is 1.26. The van der Waals surface area contributed by atoms with E-state index in [1.54, 1.807) is 0 Å². The Bertz CT molecular complexity index is 606. The summed E-state index contributed by atoms with van der Waals surface area (Å²) in [6.07, 6.45) is 2.74. The third kappa shape index (κ3) is 3.27. The van der Waals surface area contributed by atoms with Gasteiger partial charge in [-0.1, -0.05) is 5.16 Å². The molecule has 2 heterocycles. The maximum Gasteiger partial charge on any atom is 0.246 e. The van der Waals surface area contributed by atoms with Crippen LogP contribution in [0.3, 0.4) is 0 Å². The van der Waals surface area contributed by atoms with E-state index in [1.165, 1.54) is 12.4 Å². The van der Waals surface area contributed by atoms with Gasteiger partial charge in [0.2, 0.25) is 5.89 Å². The smallest absolute Gasteiger partial charge is 0.246 e. The molecule has 20 heavy (non-hydrogen) atoms. The summed E-state index contributed by atoms with van der Waals surface area (Å²) in [6, 6.07) is 1.95. The number of hydrogen-bond acceptors (Lipinski definition) is 8. The molecule has 104 valence electrons. The van der Waals surface area contributed by atoms with Crippen LogP contribution in [-0.2, 0) is 11.3 Å². The van der Waals surface area contributed by atoms with Crippen molar-refractivity contribution < 1.29 is 9.26 Å². The van der Waals surface area contributed by atoms with Crippen molar-refractivity contribution in [2.75, 3.05) is 11.9 Å². The lowest BCUT2D eigenvalue weighted by molar-refractivity contribution is 0.0683. The normalized spacial score (nSPS) is 11.8. The van der Waals surface area contributed by atoms with Crippen LogP contribution >= 0.6 is 0 Å². The molecule has 1 N–H and O–H groups in total. The summed E-state index contributed by atoms with van der Waals surface area (Å²) in [6.45, 7) is 4.59. The minimum absolute atomic E-state index is 0.218. The largest absolute Gasteiger partial charge is 0.371 e. The van der Waals surface area contributed by atoms with Crippen molar-refractivity contribution in [2.45, 2.75) is 26.5 Å². The molecule has 0 aliphatic rings. The van der Waals surface area contributed by atoms with Gasteiger partial charge in [0.25, 0.3) is 0 Å². The molecule has 0 radical (unpaired) electrons. The Morgan fingerprint density at radius 2 is 2.25 bits per heavy atom. The van der Waals surface area contributed by atoms with Gasteiger partial charge in [0.1, 0.15) is 12.2 Å². The van der Waals surface area contributed by atoms with E-state index in [0.717, 1.165) is 0 Å². The lowest BCUT2D eigenvalue weighted by Gasteiger charge is -2.05. The molecule has 0 aliphatic carbocycles. The van der Waals surface area contributed by atoms with Crippen molar-refractivity contribution >= 4 is 5.82 Å². The molecule has 8 nitrogen and oxygen atoms in total. The first kappa shape index (κ1) is 13.9. The zero-order valence-corrected chi connectivity index (χ0v) is 11.2.